The molecule has 1 rings (SSSR count). The molecular weight excluding hydrogens is 154 g/mol. The van der Waals surface area contributed by atoms with Crippen LogP contribution in [0.25, 0.3) is 0 Å². The van der Waals surface area contributed by atoms with Crippen LogP contribution in [0.15, 0.2) is 0 Å². The average molecular weight is 173 g/mol. The van der Waals surface area contributed by atoms with E-state index in [0.29, 0.717) is 12.0 Å². The number of rotatable bonds is 3. The first-order chi connectivity index (χ1) is 5.75. The summed E-state index contributed by atoms with van der Waals surface area (Å²) in [5.74, 6) is 0.364. The molecule has 12 heavy (non-hydrogen) atoms. The van der Waals surface area contributed by atoms with Crippen molar-refractivity contribution in [1.82, 2.24) is 4.90 Å². The van der Waals surface area contributed by atoms with Crippen LogP contribution in [0.5, 0.6) is 0 Å². The molecule has 1 aliphatic rings. The van der Waals surface area contributed by atoms with Gasteiger partial charge in [0.25, 0.3) is 0 Å². The van der Waals surface area contributed by atoms with E-state index in [2.05, 4.69) is 18.7 Å². The summed E-state index contributed by atoms with van der Waals surface area (Å²) in [6.07, 6.45) is 0. The fraction of sp³-hybridized carbons (Fsp3) is 1.00. The summed E-state index contributed by atoms with van der Waals surface area (Å²) in [6, 6.07) is 0.471. The number of morpholine rings is 1. The third-order valence-electron chi connectivity index (χ3n) is 2.73. The Balaban J connectivity index is 2.33. The van der Waals surface area contributed by atoms with Crippen LogP contribution in [0.4, 0.5) is 0 Å². The minimum absolute atomic E-state index is 0.276. The van der Waals surface area contributed by atoms with Gasteiger partial charge in [-0.05, 0) is 12.8 Å². The van der Waals surface area contributed by atoms with Gasteiger partial charge in [-0.1, -0.05) is 6.92 Å². The predicted octanol–water partition coefficient (Wildman–Crippen LogP) is 0.335. The number of hydrogen-bond acceptors (Lipinski definition) is 3. The number of nitrogens with zero attached hydrogens (tertiary/aromatic N) is 1. The molecule has 0 spiro atoms. The zero-order valence-electron chi connectivity index (χ0n) is 7.99. The summed E-state index contributed by atoms with van der Waals surface area (Å²) < 4.78 is 5.26. The zero-order chi connectivity index (χ0) is 8.97. The van der Waals surface area contributed by atoms with Crippen LogP contribution in [0, 0.1) is 5.92 Å². The van der Waals surface area contributed by atoms with E-state index in [9.17, 15) is 0 Å². The Morgan fingerprint density at radius 3 is 2.42 bits per heavy atom. The number of hydrogen-bond donors (Lipinski definition) is 1. The molecule has 2 atom stereocenters. The standard InChI is InChI=1S/C9H19NO2/c1-8(7-11)9(2)10-3-5-12-6-4-10/h8-9,11H,3-7H2,1-2H3. The van der Waals surface area contributed by atoms with Crippen molar-refractivity contribution in [2.75, 3.05) is 32.9 Å². The Morgan fingerprint density at radius 1 is 1.33 bits per heavy atom. The molecule has 2 unspecified atom stereocenters. The van der Waals surface area contributed by atoms with Gasteiger partial charge in [0.15, 0.2) is 0 Å². The molecule has 0 bridgehead atoms. The normalized spacial score (nSPS) is 25.2. The lowest BCUT2D eigenvalue weighted by molar-refractivity contribution is 0.00260. The zero-order valence-corrected chi connectivity index (χ0v) is 7.99. The molecule has 0 aromatic carbocycles. The fourth-order valence-corrected chi connectivity index (χ4v) is 1.50. The summed E-state index contributed by atoms with van der Waals surface area (Å²) in [5, 5.41) is 8.98. The first-order valence-corrected chi connectivity index (χ1v) is 4.68. The van der Waals surface area contributed by atoms with Gasteiger partial charge in [-0.2, -0.15) is 0 Å². The maximum atomic E-state index is 8.98. The van der Waals surface area contributed by atoms with Crippen molar-refractivity contribution in [3.05, 3.63) is 0 Å². The molecule has 0 aromatic heterocycles. The smallest absolute Gasteiger partial charge is 0.0594 e. The Hall–Kier alpha value is -0.120. The highest BCUT2D eigenvalue weighted by Gasteiger charge is 2.20. The number of ether oxygens (including phenoxy) is 1. The van der Waals surface area contributed by atoms with E-state index in [-0.39, 0.29) is 6.61 Å². The van der Waals surface area contributed by atoms with Crippen LogP contribution in [-0.4, -0.2) is 49.0 Å². The second kappa shape index (κ2) is 4.80. The van der Waals surface area contributed by atoms with Gasteiger partial charge in [0.2, 0.25) is 0 Å². The second-order valence-corrected chi connectivity index (χ2v) is 3.55. The van der Waals surface area contributed by atoms with Gasteiger partial charge in [0, 0.05) is 25.7 Å². The van der Waals surface area contributed by atoms with Crippen molar-refractivity contribution in [3.8, 4) is 0 Å². The van der Waals surface area contributed by atoms with Gasteiger partial charge in [0.05, 0.1) is 13.2 Å². The van der Waals surface area contributed by atoms with E-state index in [1.54, 1.807) is 0 Å². The topological polar surface area (TPSA) is 32.7 Å². The third-order valence-corrected chi connectivity index (χ3v) is 2.73. The summed E-state index contributed by atoms with van der Waals surface area (Å²) in [7, 11) is 0. The first-order valence-electron chi connectivity index (χ1n) is 4.68. The van der Waals surface area contributed by atoms with Crippen molar-refractivity contribution in [1.29, 1.82) is 0 Å². The second-order valence-electron chi connectivity index (χ2n) is 3.55. The molecule has 1 N–H and O–H groups in total. The van der Waals surface area contributed by atoms with Crippen LogP contribution in [0.1, 0.15) is 13.8 Å². The summed E-state index contributed by atoms with van der Waals surface area (Å²) in [6.45, 7) is 8.22. The van der Waals surface area contributed by atoms with Crippen LogP contribution < -0.4 is 0 Å². The van der Waals surface area contributed by atoms with Crippen molar-refractivity contribution in [2.45, 2.75) is 19.9 Å². The van der Waals surface area contributed by atoms with Crippen LogP contribution >= 0.6 is 0 Å². The molecule has 0 aliphatic carbocycles. The molecule has 72 valence electrons. The van der Waals surface area contributed by atoms with Gasteiger partial charge < -0.3 is 9.84 Å². The van der Waals surface area contributed by atoms with Gasteiger partial charge >= 0.3 is 0 Å². The molecule has 1 saturated heterocycles. The SMILES string of the molecule is CC(CO)C(C)N1CCOCC1. The molecule has 0 saturated carbocycles. The number of aliphatic hydroxyl groups is 1. The molecule has 1 heterocycles. The lowest BCUT2D eigenvalue weighted by atomic mass is 10.0. The van der Waals surface area contributed by atoms with E-state index >= 15 is 0 Å². The quantitative estimate of drug-likeness (QED) is 0.668. The fourth-order valence-electron chi connectivity index (χ4n) is 1.50. The molecule has 1 aliphatic heterocycles. The minimum Gasteiger partial charge on any atom is -0.396 e. The third kappa shape index (κ3) is 2.44. The van der Waals surface area contributed by atoms with Crippen LogP contribution in [0.3, 0.4) is 0 Å². The summed E-state index contributed by atoms with van der Waals surface area (Å²) in [4.78, 5) is 2.38. The van der Waals surface area contributed by atoms with E-state index in [0.717, 1.165) is 26.3 Å². The highest BCUT2D eigenvalue weighted by atomic mass is 16.5. The first kappa shape index (κ1) is 9.96. The Morgan fingerprint density at radius 2 is 1.92 bits per heavy atom. The van der Waals surface area contributed by atoms with Gasteiger partial charge in [0.1, 0.15) is 0 Å². The predicted molar refractivity (Wildman–Crippen MR) is 48.1 cm³/mol. The van der Waals surface area contributed by atoms with Crippen molar-refractivity contribution in [3.63, 3.8) is 0 Å². The molecule has 0 radical (unpaired) electrons. The van der Waals surface area contributed by atoms with E-state index in [4.69, 9.17) is 9.84 Å². The lowest BCUT2D eigenvalue weighted by Gasteiger charge is -2.35. The molecule has 1 fully saturated rings. The maximum absolute atomic E-state index is 8.98. The van der Waals surface area contributed by atoms with Gasteiger partial charge in [-0.3, -0.25) is 4.90 Å². The van der Waals surface area contributed by atoms with E-state index < -0.39 is 0 Å². The molecule has 3 heteroatoms. The Bertz CT molecular complexity index is 124. The van der Waals surface area contributed by atoms with E-state index in [1.165, 1.54) is 0 Å². The lowest BCUT2D eigenvalue weighted by Crippen LogP contribution is -2.45. The highest BCUT2D eigenvalue weighted by molar-refractivity contribution is 4.74. The van der Waals surface area contributed by atoms with Crippen molar-refractivity contribution >= 4 is 0 Å². The summed E-state index contributed by atoms with van der Waals surface area (Å²) in [5.41, 5.74) is 0. The highest BCUT2D eigenvalue weighted by Crippen LogP contribution is 2.11. The largest absolute Gasteiger partial charge is 0.396 e. The monoisotopic (exact) mass is 173 g/mol. The Kier molecular flexibility index (Phi) is 3.98. The molecule has 0 aromatic rings. The minimum atomic E-state index is 0.276. The van der Waals surface area contributed by atoms with Crippen LogP contribution in [0.2, 0.25) is 0 Å². The van der Waals surface area contributed by atoms with E-state index in [1.807, 2.05) is 0 Å². The molecule has 3 nitrogen and oxygen atoms in total. The number of aliphatic hydroxyl groups excluding tert-OH is 1. The molecular formula is C9H19NO2. The summed E-state index contributed by atoms with van der Waals surface area (Å²) >= 11 is 0. The average Bonchev–Trinajstić information content (AvgIpc) is 2.17. The van der Waals surface area contributed by atoms with Crippen molar-refractivity contribution in [2.24, 2.45) is 5.92 Å². The Labute approximate surface area is 74.3 Å². The maximum Gasteiger partial charge on any atom is 0.0594 e. The van der Waals surface area contributed by atoms with Crippen molar-refractivity contribution < 1.29 is 9.84 Å². The van der Waals surface area contributed by atoms with Gasteiger partial charge in [-0.15, -0.1) is 0 Å². The molecule has 0 amide bonds. The van der Waals surface area contributed by atoms with Crippen LogP contribution in [-0.2, 0) is 4.74 Å². The van der Waals surface area contributed by atoms with Gasteiger partial charge in [-0.25, -0.2) is 0 Å².